The molecule has 234 valence electrons. The van der Waals surface area contributed by atoms with E-state index in [1.54, 1.807) is 19.2 Å². The molecule has 6 heteroatoms. The zero-order valence-corrected chi connectivity index (χ0v) is 28.3. The number of halogens is 1. The molecule has 5 nitrogen and oxygen atoms in total. The number of hydrogen-bond acceptors (Lipinski definition) is 3. The minimum Gasteiger partial charge on any atom is -0.501 e. The molecule has 0 spiro atoms. The first-order chi connectivity index (χ1) is 21.3. The van der Waals surface area contributed by atoms with Crippen LogP contribution in [-0.4, -0.2) is 28.6 Å². The molecule has 1 aromatic heterocycles. The second kappa shape index (κ2) is 18.5. The Labute approximate surface area is 268 Å². The molecular weight excluding hydrogens is 566 g/mol. The highest BCUT2D eigenvalue weighted by molar-refractivity contribution is 6.31. The maximum absolute atomic E-state index is 12.5. The van der Waals surface area contributed by atoms with Crippen molar-refractivity contribution in [3.63, 3.8) is 0 Å². The molecule has 0 amide bonds. The summed E-state index contributed by atoms with van der Waals surface area (Å²) in [6.07, 6.45) is 15.3. The van der Waals surface area contributed by atoms with Crippen molar-refractivity contribution in [1.82, 2.24) is 9.13 Å². The molecule has 0 bridgehead atoms. The minimum atomic E-state index is -0.208. The zero-order chi connectivity index (χ0) is 32.6. The Morgan fingerprint density at radius 2 is 1.75 bits per heavy atom. The summed E-state index contributed by atoms with van der Waals surface area (Å²) in [6.45, 7) is 16.5. The van der Waals surface area contributed by atoms with Crippen molar-refractivity contribution in [2.24, 2.45) is 18.0 Å². The van der Waals surface area contributed by atoms with E-state index >= 15 is 0 Å². The summed E-state index contributed by atoms with van der Waals surface area (Å²) in [5.74, 6) is 0.212. The predicted molar refractivity (Wildman–Crippen MR) is 189 cm³/mol. The lowest BCUT2D eigenvalue weighted by atomic mass is 9.96. The molecular formula is C38H48ClN3O2. The first kappa shape index (κ1) is 36.1. The van der Waals surface area contributed by atoms with E-state index < -0.39 is 0 Å². The van der Waals surface area contributed by atoms with Crippen LogP contribution >= 0.6 is 11.6 Å². The van der Waals surface area contributed by atoms with Crippen molar-refractivity contribution in [2.75, 3.05) is 13.7 Å². The second-order valence-corrected chi connectivity index (χ2v) is 10.5. The largest absolute Gasteiger partial charge is 0.501 e. The molecule has 2 atom stereocenters. The highest BCUT2D eigenvalue weighted by atomic mass is 35.5. The van der Waals surface area contributed by atoms with E-state index in [9.17, 15) is 4.79 Å². The van der Waals surface area contributed by atoms with E-state index in [0.717, 1.165) is 16.7 Å². The molecule has 0 saturated carbocycles. The zero-order valence-electron chi connectivity index (χ0n) is 27.5. The van der Waals surface area contributed by atoms with E-state index in [1.807, 2.05) is 87.2 Å². The van der Waals surface area contributed by atoms with Crippen LogP contribution in [-0.2, 0) is 23.1 Å². The fraction of sp³-hybridized carbons (Fsp3) is 0.316. The summed E-state index contributed by atoms with van der Waals surface area (Å²) in [5.41, 5.74) is 8.20. The number of ether oxygens (including phenoxy) is 1. The molecule has 4 rings (SSSR count). The van der Waals surface area contributed by atoms with E-state index in [0.29, 0.717) is 17.6 Å². The second-order valence-electron chi connectivity index (χ2n) is 10.1. The van der Waals surface area contributed by atoms with Gasteiger partial charge in [-0.2, -0.15) is 0 Å². The summed E-state index contributed by atoms with van der Waals surface area (Å²) in [6, 6.07) is 16.5. The molecule has 0 radical (unpaired) electrons. The number of carbonyl (C=O) groups excluding carboxylic acids is 1. The summed E-state index contributed by atoms with van der Waals surface area (Å²) in [7, 11) is 3.70. The van der Waals surface area contributed by atoms with Crippen LogP contribution < -0.4 is 5.62 Å². The monoisotopic (exact) mass is 613 g/mol. The molecule has 2 unspecified atom stereocenters. The number of aryl methyl sites for hydroxylation is 1. The van der Waals surface area contributed by atoms with Crippen molar-refractivity contribution >= 4 is 34.0 Å². The number of Topliss-reactive ketones (excluding diaryl/α,β-unsaturated/α-hetero) is 1. The molecule has 0 N–H and O–H groups in total. The van der Waals surface area contributed by atoms with Crippen molar-refractivity contribution in [1.29, 1.82) is 0 Å². The summed E-state index contributed by atoms with van der Waals surface area (Å²) < 4.78 is 9.39. The van der Waals surface area contributed by atoms with Crippen molar-refractivity contribution in [3.8, 4) is 0 Å². The smallest absolute Gasteiger partial charge is 0.205 e. The number of benzene rings is 2. The lowest BCUT2D eigenvalue weighted by molar-refractivity contribution is -0.121. The van der Waals surface area contributed by atoms with Gasteiger partial charge >= 0.3 is 0 Å². The quantitative estimate of drug-likeness (QED) is 0.169. The Kier molecular flexibility index (Phi) is 15.2. The summed E-state index contributed by atoms with van der Waals surface area (Å²) in [4.78, 5) is 16.9. The van der Waals surface area contributed by atoms with Crippen LogP contribution in [0.1, 0.15) is 58.6 Å². The fourth-order valence-electron chi connectivity index (χ4n) is 5.12. The molecule has 0 saturated heterocycles. The van der Waals surface area contributed by atoms with Gasteiger partial charge in [0, 0.05) is 31.0 Å². The van der Waals surface area contributed by atoms with Gasteiger partial charge in [-0.25, -0.2) is 0 Å². The first-order valence-electron chi connectivity index (χ1n) is 15.2. The molecule has 44 heavy (non-hydrogen) atoms. The predicted octanol–water partition coefficient (Wildman–Crippen LogP) is 9.29. The third-order valence-electron chi connectivity index (χ3n) is 7.43. The Balaban J connectivity index is 0.000000295. The van der Waals surface area contributed by atoms with Gasteiger partial charge < -0.3 is 13.9 Å². The van der Waals surface area contributed by atoms with Crippen LogP contribution in [0.3, 0.4) is 0 Å². The van der Waals surface area contributed by atoms with Crippen molar-refractivity contribution < 1.29 is 9.53 Å². The van der Waals surface area contributed by atoms with Gasteiger partial charge in [0.05, 0.1) is 30.4 Å². The lowest BCUT2D eigenvalue weighted by Crippen LogP contribution is -2.28. The van der Waals surface area contributed by atoms with Gasteiger partial charge in [0.1, 0.15) is 0 Å². The summed E-state index contributed by atoms with van der Waals surface area (Å²) >= 11 is 5.94. The van der Waals surface area contributed by atoms with Gasteiger partial charge in [-0.15, -0.1) is 0 Å². The highest BCUT2D eigenvalue weighted by Crippen LogP contribution is 2.42. The van der Waals surface area contributed by atoms with Gasteiger partial charge in [-0.05, 0) is 61.3 Å². The molecule has 1 aliphatic carbocycles. The Bertz CT molecular complexity index is 1630. The normalized spacial score (nSPS) is 15.8. The lowest BCUT2D eigenvalue weighted by Gasteiger charge is -2.14. The molecule has 0 fully saturated rings. The van der Waals surface area contributed by atoms with Crippen molar-refractivity contribution in [3.05, 3.63) is 131 Å². The Morgan fingerprint density at radius 3 is 2.39 bits per heavy atom. The number of hydrogen-bond donors (Lipinski definition) is 0. The molecule has 1 aliphatic rings. The SMILES string of the molecule is C/C=C(Cl)\C=C/C(C)C(=O)Cn1c(=NC)n(C)c2ccccc21.C=COCC1C(/C=C\C=C/C)=C(C)c2ccccc21.CC. The number of imidazole rings is 1. The average Bonchev–Trinajstić information content (AvgIpc) is 3.49. The van der Waals surface area contributed by atoms with Gasteiger partial charge in [0.15, 0.2) is 5.78 Å². The minimum absolute atomic E-state index is 0.119. The third-order valence-corrected chi connectivity index (χ3v) is 7.77. The standard InChI is InChI=1S/C18H22ClN3O.C18H20O.C2H6/c1-5-14(19)11-10-13(2)17(23)12-22-16-9-7-6-8-15(16)21(4)18(22)20-3;1-4-6-7-10-16-14(3)15-11-8-9-12-17(15)18(16)13-19-5-2;1-2/h5-11,13H,12H2,1-4H3;4-12,18H,2,13H2,1,3H3;1-2H3/b11-10-,14-5+,20-18?;6-4-,10-7-;. The van der Waals surface area contributed by atoms with Crippen LogP contribution in [0.15, 0.2) is 120 Å². The molecule has 0 aliphatic heterocycles. The number of aromatic nitrogens is 2. The van der Waals surface area contributed by atoms with Crippen LogP contribution in [0.25, 0.3) is 16.6 Å². The van der Waals surface area contributed by atoms with E-state index in [4.69, 9.17) is 16.3 Å². The number of rotatable bonds is 10. The number of ketones is 1. The van der Waals surface area contributed by atoms with Crippen LogP contribution in [0.4, 0.5) is 0 Å². The first-order valence-corrected chi connectivity index (χ1v) is 15.6. The highest BCUT2D eigenvalue weighted by Gasteiger charge is 2.27. The number of fused-ring (bicyclic) bond motifs is 2. The number of carbonyl (C=O) groups is 1. The van der Waals surface area contributed by atoms with Gasteiger partial charge in [-0.3, -0.25) is 9.79 Å². The van der Waals surface area contributed by atoms with Crippen LogP contribution in [0.2, 0.25) is 0 Å². The maximum atomic E-state index is 12.5. The van der Waals surface area contributed by atoms with Gasteiger partial charge in [0.25, 0.3) is 0 Å². The number of allylic oxidation sites excluding steroid dienone is 9. The van der Waals surface area contributed by atoms with E-state index in [2.05, 4.69) is 61.0 Å². The summed E-state index contributed by atoms with van der Waals surface area (Å²) in [5, 5.41) is 0.631. The third kappa shape index (κ3) is 8.96. The molecule has 3 aromatic rings. The van der Waals surface area contributed by atoms with Crippen LogP contribution in [0.5, 0.6) is 0 Å². The Morgan fingerprint density at radius 1 is 1.09 bits per heavy atom. The van der Waals surface area contributed by atoms with E-state index in [1.165, 1.54) is 28.5 Å². The number of nitrogens with zero attached hydrogens (tertiary/aromatic N) is 3. The van der Waals surface area contributed by atoms with Gasteiger partial charge in [0.2, 0.25) is 5.62 Å². The van der Waals surface area contributed by atoms with E-state index in [-0.39, 0.29) is 18.2 Å². The topological polar surface area (TPSA) is 48.5 Å². The van der Waals surface area contributed by atoms with Gasteiger partial charge in [-0.1, -0.05) is 112 Å². The van der Waals surface area contributed by atoms with Crippen LogP contribution in [0, 0.1) is 5.92 Å². The average molecular weight is 614 g/mol. The fourth-order valence-corrected chi connectivity index (χ4v) is 5.19. The van der Waals surface area contributed by atoms with Crippen molar-refractivity contribution in [2.45, 2.75) is 54.0 Å². The molecule has 1 heterocycles. The molecule has 2 aromatic carbocycles. The Hall–Kier alpha value is -4.09. The maximum Gasteiger partial charge on any atom is 0.205 e. The number of para-hydroxylation sites is 2.